The Morgan fingerprint density at radius 1 is 1.00 bits per heavy atom. The van der Waals surface area contributed by atoms with Crippen LogP contribution in [0.2, 0.25) is 0 Å². The van der Waals surface area contributed by atoms with Gasteiger partial charge in [0.1, 0.15) is 0 Å². The van der Waals surface area contributed by atoms with Gasteiger partial charge in [0, 0.05) is 18.4 Å². The largest absolute Gasteiger partial charge is 0.348 e. The Kier molecular flexibility index (Phi) is 7.11. The first-order valence-corrected chi connectivity index (χ1v) is 8.73. The van der Waals surface area contributed by atoms with E-state index in [0.29, 0.717) is 6.42 Å². The predicted octanol–water partition coefficient (Wildman–Crippen LogP) is 5.51. The molecular formula is C22H26N2. The van der Waals surface area contributed by atoms with E-state index in [4.69, 9.17) is 5.26 Å². The SMILES string of the molecule is CCCN1C=C(CC#N)Cc2ccccc21.CCc1ccccc1. The van der Waals surface area contributed by atoms with Crippen LogP contribution in [0.15, 0.2) is 66.4 Å². The van der Waals surface area contributed by atoms with Crippen molar-refractivity contribution in [3.63, 3.8) is 0 Å². The maximum absolute atomic E-state index is 8.77. The molecule has 1 aliphatic rings. The van der Waals surface area contributed by atoms with Crippen LogP contribution < -0.4 is 4.90 Å². The summed E-state index contributed by atoms with van der Waals surface area (Å²) in [6.07, 6.45) is 5.86. The fraction of sp³-hybridized carbons (Fsp3) is 0.318. The molecule has 0 saturated carbocycles. The molecule has 2 aromatic rings. The van der Waals surface area contributed by atoms with E-state index in [1.54, 1.807) is 0 Å². The average Bonchev–Trinajstić information content (AvgIpc) is 2.63. The molecule has 124 valence electrons. The number of hydrogen-bond acceptors (Lipinski definition) is 2. The Balaban J connectivity index is 0.000000219. The minimum Gasteiger partial charge on any atom is -0.348 e. The zero-order valence-electron chi connectivity index (χ0n) is 14.7. The van der Waals surface area contributed by atoms with E-state index in [-0.39, 0.29) is 0 Å². The van der Waals surface area contributed by atoms with E-state index in [1.807, 2.05) is 6.07 Å². The molecule has 1 aliphatic heterocycles. The lowest BCUT2D eigenvalue weighted by Gasteiger charge is -2.28. The summed E-state index contributed by atoms with van der Waals surface area (Å²) in [6, 6.07) is 21.1. The van der Waals surface area contributed by atoms with Crippen molar-refractivity contribution in [1.82, 2.24) is 0 Å². The number of benzene rings is 2. The standard InChI is InChI=1S/C14H16N2.C8H10/c1-2-9-16-11-12(7-8-15)10-13-5-3-4-6-14(13)16;1-2-8-6-4-3-5-7-8/h3-6,11H,2,7,9-10H2,1H3;3-7H,2H2,1H3. The van der Waals surface area contributed by atoms with E-state index >= 15 is 0 Å². The number of rotatable bonds is 4. The molecular weight excluding hydrogens is 292 g/mol. The molecule has 24 heavy (non-hydrogen) atoms. The smallest absolute Gasteiger partial charge is 0.0666 e. The van der Waals surface area contributed by atoms with E-state index < -0.39 is 0 Å². The van der Waals surface area contributed by atoms with Gasteiger partial charge in [-0.15, -0.1) is 0 Å². The van der Waals surface area contributed by atoms with Gasteiger partial charge in [0.25, 0.3) is 0 Å². The first-order chi connectivity index (χ1) is 11.8. The third-order valence-electron chi connectivity index (χ3n) is 4.08. The summed E-state index contributed by atoms with van der Waals surface area (Å²) in [5.74, 6) is 0. The second-order valence-corrected chi connectivity index (χ2v) is 5.96. The molecule has 0 amide bonds. The molecule has 1 heterocycles. The number of allylic oxidation sites excluding steroid dienone is 1. The molecule has 0 aliphatic carbocycles. The molecule has 0 bridgehead atoms. The zero-order valence-corrected chi connectivity index (χ0v) is 14.7. The second kappa shape index (κ2) is 9.57. The molecule has 0 N–H and O–H groups in total. The van der Waals surface area contributed by atoms with E-state index in [1.165, 1.54) is 22.4 Å². The van der Waals surface area contributed by atoms with Gasteiger partial charge >= 0.3 is 0 Å². The van der Waals surface area contributed by atoms with Crippen LogP contribution in [0.4, 0.5) is 5.69 Å². The number of aryl methyl sites for hydroxylation is 1. The highest BCUT2D eigenvalue weighted by atomic mass is 15.1. The molecule has 2 heteroatoms. The van der Waals surface area contributed by atoms with Crippen LogP contribution >= 0.6 is 0 Å². The first-order valence-electron chi connectivity index (χ1n) is 8.73. The Morgan fingerprint density at radius 2 is 1.71 bits per heavy atom. The van der Waals surface area contributed by atoms with Crippen molar-refractivity contribution in [2.45, 2.75) is 39.5 Å². The quantitative estimate of drug-likeness (QED) is 0.743. The van der Waals surface area contributed by atoms with Crippen molar-refractivity contribution in [3.8, 4) is 6.07 Å². The molecule has 3 rings (SSSR count). The Morgan fingerprint density at radius 3 is 2.33 bits per heavy atom. The third-order valence-corrected chi connectivity index (χ3v) is 4.08. The van der Waals surface area contributed by atoms with Gasteiger partial charge in [-0.1, -0.05) is 62.4 Å². The van der Waals surface area contributed by atoms with Crippen molar-refractivity contribution in [2.75, 3.05) is 11.4 Å². The fourth-order valence-electron chi connectivity index (χ4n) is 2.87. The van der Waals surface area contributed by atoms with Crippen molar-refractivity contribution < 1.29 is 0 Å². The van der Waals surface area contributed by atoms with Gasteiger partial charge in [-0.25, -0.2) is 0 Å². The molecule has 0 spiro atoms. The van der Waals surface area contributed by atoms with Crippen LogP contribution in [0, 0.1) is 11.3 Å². The summed E-state index contributed by atoms with van der Waals surface area (Å²) in [4.78, 5) is 2.27. The number of para-hydroxylation sites is 1. The fourth-order valence-corrected chi connectivity index (χ4v) is 2.87. The van der Waals surface area contributed by atoms with Crippen molar-refractivity contribution in [2.24, 2.45) is 0 Å². The maximum Gasteiger partial charge on any atom is 0.0666 e. The lowest BCUT2D eigenvalue weighted by Crippen LogP contribution is -2.22. The highest BCUT2D eigenvalue weighted by molar-refractivity contribution is 5.60. The lowest BCUT2D eigenvalue weighted by atomic mass is 9.98. The lowest BCUT2D eigenvalue weighted by molar-refractivity contribution is 0.844. The van der Waals surface area contributed by atoms with Gasteiger partial charge in [-0.2, -0.15) is 5.26 Å². The molecule has 0 fully saturated rings. The number of anilines is 1. The van der Waals surface area contributed by atoms with Crippen molar-refractivity contribution in [1.29, 1.82) is 5.26 Å². The van der Waals surface area contributed by atoms with Gasteiger partial charge in [0.2, 0.25) is 0 Å². The molecule has 2 nitrogen and oxygen atoms in total. The Labute approximate surface area is 146 Å². The van der Waals surface area contributed by atoms with E-state index in [2.05, 4.69) is 79.5 Å². The van der Waals surface area contributed by atoms with Crippen molar-refractivity contribution >= 4 is 5.69 Å². The highest BCUT2D eigenvalue weighted by Crippen LogP contribution is 2.29. The van der Waals surface area contributed by atoms with Crippen LogP contribution in [0.25, 0.3) is 0 Å². The third kappa shape index (κ3) is 4.99. The topological polar surface area (TPSA) is 27.0 Å². The first kappa shape index (κ1) is 17.8. The van der Waals surface area contributed by atoms with Gasteiger partial charge in [0.05, 0.1) is 12.5 Å². The summed E-state index contributed by atoms with van der Waals surface area (Å²) in [7, 11) is 0. The molecule has 0 aromatic heterocycles. The molecule has 0 saturated heterocycles. The molecule has 0 atom stereocenters. The van der Waals surface area contributed by atoms with Gasteiger partial charge < -0.3 is 4.90 Å². The van der Waals surface area contributed by atoms with E-state index in [0.717, 1.165) is 25.8 Å². The Bertz CT molecular complexity index is 695. The Hall–Kier alpha value is -2.53. The monoisotopic (exact) mass is 318 g/mol. The van der Waals surface area contributed by atoms with Crippen LogP contribution in [0.3, 0.4) is 0 Å². The molecule has 2 aromatic carbocycles. The van der Waals surface area contributed by atoms with Gasteiger partial charge in [-0.05, 0) is 42.0 Å². The summed E-state index contributed by atoms with van der Waals surface area (Å²) in [6.45, 7) is 5.36. The van der Waals surface area contributed by atoms with E-state index in [9.17, 15) is 0 Å². The normalized spacial score (nSPS) is 12.4. The number of nitriles is 1. The molecule has 0 radical (unpaired) electrons. The van der Waals surface area contributed by atoms with Crippen LogP contribution in [-0.2, 0) is 12.8 Å². The summed E-state index contributed by atoms with van der Waals surface area (Å²) >= 11 is 0. The minimum atomic E-state index is 0.536. The summed E-state index contributed by atoms with van der Waals surface area (Å²) in [5.41, 5.74) is 5.26. The molecule has 0 unspecified atom stereocenters. The number of nitrogens with zero attached hydrogens (tertiary/aromatic N) is 2. The van der Waals surface area contributed by atoms with Crippen LogP contribution in [0.5, 0.6) is 0 Å². The number of hydrogen-bond donors (Lipinski definition) is 0. The summed E-state index contributed by atoms with van der Waals surface area (Å²) in [5, 5.41) is 8.77. The summed E-state index contributed by atoms with van der Waals surface area (Å²) < 4.78 is 0. The maximum atomic E-state index is 8.77. The predicted molar refractivity (Wildman–Crippen MR) is 102 cm³/mol. The average molecular weight is 318 g/mol. The van der Waals surface area contributed by atoms with Crippen molar-refractivity contribution in [3.05, 3.63) is 77.5 Å². The number of fused-ring (bicyclic) bond motifs is 1. The minimum absolute atomic E-state index is 0.536. The van der Waals surface area contributed by atoms with Gasteiger partial charge in [0.15, 0.2) is 0 Å². The van der Waals surface area contributed by atoms with Crippen LogP contribution in [0.1, 0.15) is 37.8 Å². The van der Waals surface area contributed by atoms with Gasteiger partial charge in [-0.3, -0.25) is 0 Å². The highest BCUT2D eigenvalue weighted by Gasteiger charge is 2.15. The zero-order chi connectivity index (χ0) is 17.2. The van der Waals surface area contributed by atoms with Crippen LogP contribution in [-0.4, -0.2) is 6.54 Å². The second-order valence-electron chi connectivity index (χ2n) is 5.96.